The Bertz CT molecular complexity index is 952. The second kappa shape index (κ2) is 8.30. The van der Waals surface area contributed by atoms with Gasteiger partial charge in [-0.2, -0.15) is 4.31 Å². The highest BCUT2D eigenvalue weighted by Gasteiger charge is 2.26. The van der Waals surface area contributed by atoms with Crippen LogP contribution in [0.5, 0.6) is 0 Å². The molecule has 0 atom stereocenters. The summed E-state index contributed by atoms with van der Waals surface area (Å²) in [4.78, 5) is 16.2. The molecule has 9 heteroatoms. The van der Waals surface area contributed by atoms with Crippen LogP contribution in [0.1, 0.15) is 10.4 Å². The molecule has 1 N–H and O–H groups in total. The molecule has 2 aromatic rings. The van der Waals surface area contributed by atoms with Crippen molar-refractivity contribution in [2.24, 2.45) is 0 Å². The zero-order valence-electron chi connectivity index (χ0n) is 15.5. The molecule has 0 unspecified atom stereocenters. The highest BCUT2D eigenvalue weighted by Crippen LogP contribution is 2.24. The molecule has 0 saturated carbocycles. The lowest BCUT2D eigenvalue weighted by Gasteiger charge is -2.26. The molecule has 28 heavy (non-hydrogen) atoms. The SMILES string of the molecule is O=C(CN1CCc2sccc2C1)Nc1cccc(S(=O)(=O)N2CCOCC2)c1. The number of hydrogen-bond acceptors (Lipinski definition) is 6. The Labute approximate surface area is 169 Å². The Balaban J connectivity index is 1.40. The number of hydrogen-bond donors (Lipinski definition) is 1. The van der Waals surface area contributed by atoms with Gasteiger partial charge in [0.1, 0.15) is 0 Å². The van der Waals surface area contributed by atoms with Gasteiger partial charge < -0.3 is 10.1 Å². The first-order valence-corrected chi connectivity index (χ1v) is 11.6. The fourth-order valence-corrected chi connectivity index (χ4v) is 5.86. The van der Waals surface area contributed by atoms with E-state index >= 15 is 0 Å². The molecule has 7 nitrogen and oxygen atoms in total. The van der Waals surface area contributed by atoms with Gasteiger partial charge in [0.05, 0.1) is 24.7 Å². The number of nitrogens with zero attached hydrogens (tertiary/aromatic N) is 2. The lowest BCUT2D eigenvalue weighted by Crippen LogP contribution is -2.40. The molecule has 1 aromatic heterocycles. The van der Waals surface area contributed by atoms with E-state index in [9.17, 15) is 13.2 Å². The van der Waals surface area contributed by atoms with Crippen molar-refractivity contribution in [2.45, 2.75) is 17.9 Å². The average molecular weight is 422 g/mol. The van der Waals surface area contributed by atoms with Crippen molar-refractivity contribution in [3.63, 3.8) is 0 Å². The fraction of sp³-hybridized carbons (Fsp3) is 0.421. The van der Waals surface area contributed by atoms with Gasteiger partial charge in [-0.15, -0.1) is 11.3 Å². The molecule has 0 radical (unpaired) electrons. The van der Waals surface area contributed by atoms with Crippen LogP contribution in [0, 0.1) is 0 Å². The molecule has 1 fully saturated rings. The standard InChI is InChI=1S/C19H23N3O4S2/c23-19(14-21-6-4-18-15(13-21)5-11-27-18)20-16-2-1-3-17(12-16)28(24,25)22-7-9-26-10-8-22/h1-3,5,11-12H,4,6-10,13-14H2,(H,20,23). The fourth-order valence-electron chi connectivity index (χ4n) is 3.52. The summed E-state index contributed by atoms with van der Waals surface area (Å²) in [5.41, 5.74) is 1.79. The van der Waals surface area contributed by atoms with Gasteiger partial charge in [0.2, 0.25) is 15.9 Å². The summed E-state index contributed by atoms with van der Waals surface area (Å²) in [6, 6.07) is 8.56. The molecule has 0 bridgehead atoms. The van der Waals surface area contributed by atoms with E-state index in [4.69, 9.17) is 4.74 Å². The Kier molecular flexibility index (Phi) is 5.79. The maximum Gasteiger partial charge on any atom is 0.243 e. The van der Waals surface area contributed by atoms with Crippen molar-refractivity contribution in [2.75, 3.05) is 44.7 Å². The van der Waals surface area contributed by atoms with Crippen LogP contribution in [-0.4, -0.2) is 62.9 Å². The van der Waals surface area contributed by atoms with Gasteiger partial charge in [-0.1, -0.05) is 6.07 Å². The number of ether oxygens (including phenoxy) is 1. The molecule has 0 aliphatic carbocycles. The highest BCUT2D eigenvalue weighted by atomic mass is 32.2. The van der Waals surface area contributed by atoms with E-state index in [2.05, 4.69) is 21.7 Å². The molecule has 0 spiro atoms. The smallest absolute Gasteiger partial charge is 0.243 e. The van der Waals surface area contributed by atoms with Crippen molar-refractivity contribution in [1.82, 2.24) is 9.21 Å². The number of carbonyl (C=O) groups is 1. The van der Waals surface area contributed by atoms with E-state index in [1.165, 1.54) is 20.8 Å². The molecule has 2 aliphatic heterocycles. The number of amides is 1. The number of nitrogens with one attached hydrogen (secondary N) is 1. The molecule has 3 heterocycles. The third kappa shape index (κ3) is 4.28. The summed E-state index contributed by atoms with van der Waals surface area (Å²) in [6.45, 7) is 3.41. The summed E-state index contributed by atoms with van der Waals surface area (Å²) < 4.78 is 32.2. The first-order valence-electron chi connectivity index (χ1n) is 9.28. The van der Waals surface area contributed by atoms with Crippen LogP contribution < -0.4 is 5.32 Å². The van der Waals surface area contributed by atoms with Gasteiger partial charge in [0, 0.05) is 36.7 Å². The molecule has 1 saturated heterocycles. The molecule has 1 amide bonds. The molecular formula is C19H23N3O4S2. The zero-order valence-corrected chi connectivity index (χ0v) is 17.1. The molecular weight excluding hydrogens is 398 g/mol. The predicted molar refractivity (Wildman–Crippen MR) is 108 cm³/mol. The maximum atomic E-state index is 12.8. The second-order valence-electron chi connectivity index (χ2n) is 6.92. The quantitative estimate of drug-likeness (QED) is 0.796. The van der Waals surface area contributed by atoms with Crippen molar-refractivity contribution in [3.8, 4) is 0 Å². The number of rotatable bonds is 5. The van der Waals surface area contributed by atoms with Gasteiger partial charge in [-0.25, -0.2) is 8.42 Å². The number of morpholine rings is 1. The summed E-state index contributed by atoms with van der Waals surface area (Å²) >= 11 is 1.77. The zero-order chi connectivity index (χ0) is 19.6. The van der Waals surface area contributed by atoms with Crippen LogP contribution in [0.4, 0.5) is 5.69 Å². The second-order valence-corrected chi connectivity index (χ2v) is 9.86. The number of sulfonamides is 1. The number of benzene rings is 1. The van der Waals surface area contributed by atoms with E-state index in [0.29, 0.717) is 32.0 Å². The van der Waals surface area contributed by atoms with Crippen LogP contribution in [0.25, 0.3) is 0 Å². The van der Waals surface area contributed by atoms with E-state index in [0.717, 1.165) is 19.5 Å². The minimum Gasteiger partial charge on any atom is -0.379 e. The van der Waals surface area contributed by atoms with Gasteiger partial charge >= 0.3 is 0 Å². The third-order valence-corrected chi connectivity index (χ3v) is 7.90. The van der Waals surface area contributed by atoms with Crippen LogP contribution in [0.3, 0.4) is 0 Å². The van der Waals surface area contributed by atoms with Crippen LogP contribution in [-0.2, 0) is 32.5 Å². The largest absolute Gasteiger partial charge is 0.379 e. The molecule has 1 aromatic carbocycles. The first kappa shape index (κ1) is 19.5. The van der Waals surface area contributed by atoms with Crippen LogP contribution in [0.15, 0.2) is 40.6 Å². The highest BCUT2D eigenvalue weighted by molar-refractivity contribution is 7.89. The molecule has 4 rings (SSSR count). The summed E-state index contributed by atoms with van der Waals surface area (Å²) in [5, 5.41) is 4.93. The normalized spacial score (nSPS) is 18.6. The topological polar surface area (TPSA) is 79.0 Å². The Hall–Kier alpha value is -1.78. The van der Waals surface area contributed by atoms with Gasteiger partial charge in [0.25, 0.3) is 0 Å². The van der Waals surface area contributed by atoms with Gasteiger partial charge in [0.15, 0.2) is 0 Å². The molecule has 2 aliphatic rings. The monoisotopic (exact) mass is 421 g/mol. The summed E-state index contributed by atoms with van der Waals surface area (Å²) in [5.74, 6) is -0.139. The van der Waals surface area contributed by atoms with Gasteiger partial charge in [-0.3, -0.25) is 9.69 Å². The van der Waals surface area contributed by atoms with E-state index in [-0.39, 0.29) is 17.3 Å². The summed E-state index contributed by atoms with van der Waals surface area (Å²) in [7, 11) is -3.58. The maximum absolute atomic E-state index is 12.8. The van der Waals surface area contributed by atoms with Crippen LogP contribution >= 0.6 is 11.3 Å². The minimum absolute atomic E-state index is 0.139. The lowest BCUT2D eigenvalue weighted by molar-refractivity contribution is -0.117. The number of thiophene rings is 1. The van der Waals surface area contributed by atoms with Crippen molar-refractivity contribution >= 4 is 33.0 Å². The van der Waals surface area contributed by atoms with Crippen molar-refractivity contribution in [3.05, 3.63) is 46.2 Å². The molecule has 150 valence electrons. The summed E-state index contributed by atoms with van der Waals surface area (Å²) in [6.07, 6.45) is 0.966. The van der Waals surface area contributed by atoms with Crippen molar-refractivity contribution in [1.29, 1.82) is 0 Å². The van der Waals surface area contributed by atoms with E-state index in [1.807, 2.05) is 0 Å². The number of fused-ring (bicyclic) bond motifs is 1. The Morgan fingerprint density at radius 2 is 2.00 bits per heavy atom. The predicted octanol–water partition coefficient (Wildman–Crippen LogP) is 1.77. The number of carbonyl (C=O) groups excluding carboxylic acids is 1. The Morgan fingerprint density at radius 1 is 1.18 bits per heavy atom. The first-order chi connectivity index (χ1) is 13.5. The number of anilines is 1. The minimum atomic E-state index is -3.58. The van der Waals surface area contributed by atoms with Crippen molar-refractivity contribution < 1.29 is 17.9 Å². The van der Waals surface area contributed by atoms with Crippen LogP contribution in [0.2, 0.25) is 0 Å². The lowest BCUT2D eigenvalue weighted by atomic mass is 10.1. The third-order valence-electron chi connectivity index (χ3n) is 4.98. The van der Waals surface area contributed by atoms with E-state index < -0.39 is 10.0 Å². The van der Waals surface area contributed by atoms with Gasteiger partial charge in [-0.05, 0) is 41.6 Å². The average Bonchev–Trinajstić information content (AvgIpc) is 3.16. The Morgan fingerprint density at radius 3 is 2.82 bits per heavy atom. The van der Waals surface area contributed by atoms with E-state index in [1.54, 1.807) is 29.5 Å².